The SMILES string of the molecule is CN[C@@H](C)[C@H]([O-])c1ccccc1.[Li+]. The Morgan fingerprint density at radius 2 is 1.77 bits per heavy atom. The van der Waals surface area contributed by atoms with E-state index in [1.807, 2.05) is 37.3 Å². The van der Waals surface area contributed by atoms with Gasteiger partial charge in [0.05, 0.1) is 0 Å². The minimum Gasteiger partial charge on any atom is -0.847 e. The molecule has 66 valence electrons. The van der Waals surface area contributed by atoms with Crippen LogP contribution in [0.2, 0.25) is 0 Å². The molecule has 0 aliphatic heterocycles. The fraction of sp³-hybridized carbons (Fsp3) is 0.400. The standard InChI is InChI=1S/C10H14NO.Li/c1-8(11-2)10(12)9-6-4-3-5-7-9;/h3-8,10-11H,1-2H3;/q-1;+1/t8-,10-;/m0./s1. The maximum Gasteiger partial charge on any atom is 1.00 e. The molecule has 1 rings (SSSR count). The molecule has 1 N–H and O–H groups in total. The second-order valence-electron chi connectivity index (χ2n) is 2.91. The first-order valence-electron chi connectivity index (χ1n) is 4.13. The summed E-state index contributed by atoms with van der Waals surface area (Å²) in [6, 6.07) is 9.41. The van der Waals surface area contributed by atoms with E-state index < -0.39 is 6.10 Å². The summed E-state index contributed by atoms with van der Waals surface area (Å²) in [5.41, 5.74) is 0.847. The molecule has 0 aromatic heterocycles. The molecule has 0 radical (unpaired) electrons. The minimum absolute atomic E-state index is 0. The van der Waals surface area contributed by atoms with Crippen LogP contribution in [0.15, 0.2) is 30.3 Å². The molecule has 0 heterocycles. The van der Waals surface area contributed by atoms with Crippen LogP contribution in [0.4, 0.5) is 0 Å². The van der Waals surface area contributed by atoms with Crippen molar-refractivity contribution in [3.63, 3.8) is 0 Å². The number of likely N-dealkylation sites (N-methyl/N-ethyl adjacent to an activating group) is 1. The topological polar surface area (TPSA) is 35.1 Å². The van der Waals surface area contributed by atoms with Gasteiger partial charge in [-0.05, 0) is 13.1 Å². The Morgan fingerprint density at radius 1 is 1.23 bits per heavy atom. The molecule has 0 saturated heterocycles. The summed E-state index contributed by atoms with van der Waals surface area (Å²) >= 11 is 0. The van der Waals surface area contributed by atoms with Crippen LogP contribution in [-0.4, -0.2) is 13.1 Å². The number of benzene rings is 1. The Bertz CT molecular complexity index is 228. The Kier molecular flexibility index (Phi) is 6.10. The largest absolute Gasteiger partial charge is 1.00 e. The van der Waals surface area contributed by atoms with Crippen LogP contribution in [0.1, 0.15) is 18.6 Å². The zero-order valence-electron chi connectivity index (χ0n) is 8.45. The Hall–Kier alpha value is -0.263. The van der Waals surface area contributed by atoms with Crippen LogP contribution in [0, 0.1) is 0 Å². The Balaban J connectivity index is 0.00000144. The van der Waals surface area contributed by atoms with Crippen LogP contribution in [0.25, 0.3) is 0 Å². The van der Waals surface area contributed by atoms with Gasteiger partial charge in [0.1, 0.15) is 0 Å². The van der Waals surface area contributed by atoms with Gasteiger partial charge in [0.25, 0.3) is 0 Å². The molecule has 0 aliphatic carbocycles. The van der Waals surface area contributed by atoms with Crippen LogP contribution in [0.5, 0.6) is 0 Å². The predicted molar refractivity (Wildman–Crippen MR) is 47.7 cm³/mol. The van der Waals surface area contributed by atoms with E-state index in [1.165, 1.54) is 0 Å². The van der Waals surface area contributed by atoms with Gasteiger partial charge in [-0.25, -0.2) is 0 Å². The third kappa shape index (κ3) is 3.54. The first kappa shape index (κ1) is 12.7. The van der Waals surface area contributed by atoms with E-state index in [0.717, 1.165) is 5.56 Å². The summed E-state index contributed by atoms with van der Waals surface area (Å²) in [5.74, 6) is 0. The van der Waals surface area contributed by atoms with Crippen molar-refractivity contribution in [2.45, 2.75) is 19.1 Å². The molecule has 3 heteroatoms. The van der Waals surface area contributed by atoms with Crippen molar-refractivity contribution in [2.75, 3.05) is 7.05 Å². The van der Waals surface area contributed by atoms with Crippen molar-refractivity contribution in [1.82, 2.24) is 5.32 Å². The fourth-order valence-electron chi connectivity index (χ4n) is 1.08. The fourth-order valence-corrected chi connectivity index (χ4v) is 1.08. The Labute approximate surface area is 91.5 Å². The summed E-state index contributed by atoms with van der Waals surface area (Å²) in [6.45, 7) is 1.89. The van der Waals surface area contributed by atoms with E-state index in [-0.39, 0.29) is 24.9 Å². The van der Waals surface area contributed by atoms with Crippen LogP contribution < -0.4 is 29.3 Å². The number of hydrogen-bond donors (Lipinski definition) is 1. The van der Waals surface area contributed by atoms with Crippen molar-refractivity contribution in [3.8, 4) is 0 Å². The second kappa shape index (κ2) is 6.23. The van der Waals surface area contributed by atoms with E-state index in [2.05, 4.69) is 5.32 Å². The zero-order valence-corrected chi connectivity index (χ0v) is 8.45. The predicted octanol–water partition coefficient (Wildman–Crippen LogP) is -2.30. The molecule has 13 heavy (non-hydrogen) atoms. The molecule has 0 amide bonds. The molecule has 1 aromatic carbocycles. The summed E-state index contributed by atoms with van der Waals surface area (Å²) < 4.78 is 0. The monoisotopic (exact) mass is 171 g/mol. The smallest absolute Gasteiger partial charge is 0.847 e. The summed E-state index contributed by atoms with van der Waals surface area (Å²) in [4.78, 5) is 0. The Morgan fingerprint density at radius 3 is 2.23 bits per heavy atom. The van der Waals surface area contributed by atoms with E-state index in [0.29, 0.717) is 0 Å². The quantitative estimate of drug-likeness (QED) is 0.519. The normalized spacial score (nSPS) is 14.4. The minimum atomic E-state index is -0.670. The molecule has 0 spiro atoms. The number of hydrogen-bond acceptors (Lipinski definition) is 2. The van der Waals surface area contributed by atoms with Gasteiger partial charge in [0, 0.05) is 0 Å². The molecule has 0 unspecified atom stereocenters. The molecule has 0 saturated carbocycles. The van der Waals surface area contributed by atoms with E-state index in [1.54, 1.807) is 7.05 Å². The number of rotatable bonds is 3. The van der Waals surface area contributed by atoms with Gasteiger partial charge < -0.3 is 10.4 Å². The summed E-state index contributed by atoms with van der Waals surface area (Å²) in [7, 11) is 1.80. The van der Waals surface area contributed by atoms with Crippen molar-refractivity contribution in [3.05, 3.63) is 35.9 Å². The van der Waals surface area contributed by atoms with Gasteiger partial charge in [-0.3, -0.25) is 0 Å². The molecule has 2 atom stereocenters. The van der Waals surface area contributed by atoms with Crippen LogP contribution in [-0.2, 0) is 0 Å². The molecule has 2 nitrogen and oxygen atoms in total. The third-order valence-corrected chi connectivity index (χ3v) is 2.04. The van der Waals surface area contributed by atoms with E-state index >= 15 is 0 Å². The number of nitrogens with one attached hydrogen (secondary N) is 1. The van der Waals surface area contributed by atoms with E-state index in [9.17, 15) is 5.11 Å². The summed E-state index contributed by atoms with van der Waals surface area (Å²) in [5, 5.41) is 14.5. The molecule has 0 aliphatic rings. The van der Waals surface area contributed by atoms with Crippen LogP contribution >= 0.6 is 0 Å². The summed E-state index contributed by atoms with van der Waals surface area (Å²) in [6.07, 6.45) is -0.670. The average molecular weight is 171 g/mol. The maximum atomic E-state index is 11.6. The van der Waals surface area contributed by atoms with Gasteiger partial charge in [-0.1, -0.05) is 48.9 Å². The third-order valence-electron chi connectivity index (χ3n) is 2.04. The molecular formula is C10H14LiNO. The maximum absolute atomic E-state index is 11.6. The molecule has 1 aromatic rings. The van der Waals surface area contributed by atoms with Crippen molar-refractivity contribution >= 4 is 0 Å². The first-order valence-corrected chi connectivity index (χ1v) is 4.13. The van der Waals surface area contributed by atoms with E-state index in [4.69, 9.17) is 0 Å². The van der Waals surface area contributed by atoms with Gasteiger partial charge in [-0.2, -0.15) is 0 Å². The van der Waals surface area contributed by atoms with Gasteiger partial charge >= 0.3 is 18.9 Å². The zero-order chi connectivity index (χ0) is 8.97. The second-order valence-corrected chi connectivity index (χ2v) is 2.91. The average Bonchev–Trinajstić information content (AvgIpc) is 2.17. The van der Waals surface area contributed by atoms with Crippen LogP contribution in [0.3, 0.4) is 0 Å². The van der Waals surface area contributed by atoms with Gasteiger partial charge in [0.2, 0.25) is 0 Å². The molecule has 0 fully saturated rings. The van der Waals surface area contributed by atoms with Gasteiger partial charge in [-0.15, -0.1) is 0 Å². The first-order chi connectivity index (χ1) is 5.75. The van der Waals surface area contributed by atoms with Crippen molar-refractivity contribution < 1.29 is 24.0 Å². The van der Waals surface area contributed by atoms with Crippen molar-refractivity contribution in [1.29, 1.82) is 0 Å². The van der Waals surface area contributed by atoms with Crippen molar-refractivity contribution in [2.24, 2.45) is 0 Å². The van der Waals surface area contributed by atoms with Gasteiger partial charge in [0.15, 0.2) is 0 Å². The molecular weight excluding hydrogens is 157 g/mol. The molecule has 0 bridgehead atoms.